The lowest BCUT2D eigenvalue weighted by Gasteiger charge is -2.32. The van der Waals surface area contributed by atoms with Crippen LogP contribution in [0.15, 0.2) is 67.0 Å². The molecule has 4 aromatic heterocycles. The van der Waals surface area contributed by atoms with Crippen molar-refractivity contribution >= 4 is 22.8 Å². The average molecular weight is 536 g/mol. The number of benzene rings is 1. The molecule has 1 saturated heterocycles. The molecule has 0 bridgehead atoms. The topological polar surface area (TPSA) is 144 Å². The molecule has 1 fully saturated rings. The van der Waals surface area contributed by atoms with Gasteiger partial charge in [0.25, 0.3) is 0 Å². The fourth-order valence-electron chi connectivity index (χ4n) is 4.97. The Hall–Kier alpha value is -5.08. The van der Waals surface area contributed by atoms with Gasteiger partial charge in [0, 0.05) is 49.8 Å². The molecular weight excluding hydrogens is 504 g/mol. The number of methoxy groups -OCH3 is 1. The minimum atomic E-state index is -2.63. The van der Waals surface area contributed by atoms with Gasteiger partial charge in [-0.3, -0.25) is 9.47 Å². The summed E-state index contributed by atoms with van der Waals surface area (Å²) < 4.78 is 29.3. The number of aromatic nitrogens is 6. The maximum atomic E-state index is 9.04. The van der Waals surface area contributed by atoms with Gasteiger partial charge in [0.05, 0.1) is 16.7 Å². The molecule has 0 aliphatic carbocycles. The van der Waals surface area contributed by atoms with Crippen molar-refractivity contribution in [3.63, 3.8) is 0 Å². The summed E-state index contributed by atoms with van der Waals surface area (Å²) in [7, 11) is -2.63. The van der Waals surface area contributed by atoms with Crippen LogP contribution < -0.4 is 15.8 Å². The molecule has 5 heterocycles. The molecule has 0 spiro atoms. The molecule has 0 amide bonds. The number of nitrogen functional groups attached to an aromatic ring is 1. The number of rotatable bonds is 7. The summed E-state index contributed by atoms with van der Waals surface area (Å²) in [5.41, 5.74) is 9.77. The van der Waals surface area contributed by atoms with Crippen LogP contribution in [0.1, 0.15) is 28.3 Å². The highest BCUT2D eigenvalue weighted by molar-refractivity contribution is 5.83. The van der Waals surface area contributed by atoms with Crippen molar-refractivity contribution in [2.75, 3.05) is 31.2 Å². The number of piperidine rings is 1. The van der Waals surface area contributed by atoms with Gasteiger partial charge in [-0.15, -0.1) is 0 Å². The van der Waals surface area contributed by atoms with E-state index in [0.717, 1.165) is 43.7 Å². The first kappa shape index (κ1) is 21.8. The molecule has 0 unspecified atom stereocenters. The number of ether oxygens (including phenoxy) is 1. The number of nitrogens with one attached hydrogen (secondary N) is 1. The summed E-state index contributed by atoms with van der Waals surface area (Å²) in [4.78, 5) is 24.0. The number of imidazole rings is 1. The summed E-state index contributed by atoms with van der Waals surface area (Å²) in [6, 6.07) is 18.9. The van der Waals surface area contributed by atoms with Crippen LogP contribution in [0.5, 0.6) is 5.88 Å². The van der Waals surface area contributed by atoms with Gasteiger partial charge in [-0.05, 0) is 54.8 Å². The lowest BCUT2D eigenvalue weighted by molar-refractivity contribution is 0.211. The standard InChI is InChI=1S/C29H28N10O/c1-40-26-9-8-23-29(37-26)39(28(35-23)22-3-2-13-33-27(22)31)21-6-4-19(5-7-21)18-38-15-11-20(12-16-38)34-24-10-14-32-25(17-30)36-24/h2-10,13-14,20H,11-12,15-16,18H2,1H3,(H2,31,33)(H,32,34,36)/i1D3. The number of anilines is 2. The Morgan fingerprint density at radius 1 is 1.05 bits per heavy atom. The monoisotopic (exact) mass is 535 g/mol. The maximum Gasteiger partial charge on any atom is 0.234 e. The van der Waals surface area contributed by atoms with E-state index >= 15 is 0 Å². The summed E-state index contributed by atoms with van der Waals surface area (Å²) in [5, 5.41) is 12.5. The van der Waals surface area contributed by atoms with Crippen LogP contribution in [0.4, 0.5) is 11.6 Å². The Morgan fingerprint density at radius 2 is 1.90 bits per heavy atom. The Morgan fingerprint density at radius 3 is 2.67 bits per heavy atom. The van der Waals surface area contributed by atoms with Crippen molar-refractivity contribution in [1.29, 1.82) is 5.26 Å². The predicted molar refractivity (Wildman–Crippen MR) is 152 cm³/mol. The van der Waals surface area contributed by atoms with E-state index in [9.17, 15) is 0 Å². The van der Waals surface area contributed by atoms with Crippen molar-refractivity contribution < 1.29 is 8.85 Å². The van der Waals surface area contributed by atoms with Crippen LogP contribution in [0.25, 0.3) is 28.2 Å². The highest BCUT2D eigenvalue weighted by Crippen LogP contribution is 2.31. The number of hydrogen-bond donors (Lipinski definition) is 2. The summed E-state index contributed by atoms with van der Waals surface area (Å²) in [5.74, 6) is 1.65. The smallest absolute Gasteiger partial charge is 0.234 e. The van der Waals surface area contributed by atoms with Gasteiger partial charge in [0.2, 0.25) is 11.7 Å². The largest absolute Gasteiger partial charge is 0.481 e. The molecule has 1 aromatic carbocycles. The molecule has 3 N–H and O–H groups in total. The molecule has 11 nitrogen and oxygen atoms in total. The highest BCUT2D eigenvalue weighted by atomic mass is 16.5. The summed E-state index contributed by atoms with van der Waals surface area (Å²) in [6.07, 6.45) is 5.11. The van der Waals surface area contributed by atoms with Gasteiger partial charge in [0.15, 0.2) is 11.5 Å². The molecule has 6 rings (SSSR count). The van der Waals surface area contributed by atoms with Gasteiger partial charge >= 0.3 is 0 Å². The molecule has 11 heteroatoms. The van der Waals surface area contributed by atoms with Crippen molar-refractivity contribution in [1.82, 2.24) is 34.4 Å². The Labute approximate surface area is 235 Å². The van der Waals surface area contributed by atoms with Crippen molar-refractivity contribution in [3.05, 3.63) is 78.4 Å². The third-order valence-electron chi connectivity index (χ3n) is 6.96. The molecule has 1 aliphatic rings. The van der Waals surface area contributed by atoms with Gasteiger partial charge in [-0.25, -0.2) is 19.9 Å². The lowest BCUT2D eigenvalue weighted by atomic mass is 10.0. The van der Waals surface area contributed by atoms with E-state index < -0.39 is 7.04 Å². The van der Waals surface area contributed by atoms with Crippen LogP contribution in [0.3, 0.4) is 0 Å². The van der Waals surface area contributed by atoms with Gasteiger partial charge in [-0.2, -0.15) is 10.2 Å². The van der Waals surface area contributed by atoms with E-state index in [0.29, 0.717) is 34.2 Å². The average Bonchev–Trinajstić information content (AvgIpc) is 3.36. The second kappa shape index (κ2) is 11.0. The van der Waals surface area contributed by atoms with Crippen LogP contribution in [-0.2, 0) is 6.54 Å². The van der Waals surface area contributed by atoms with E-state index in [1.54, 1.807) is 30.6 Å². The van der Waals surface area contributed by atoms with Crippen LogP contribution >= 0.6 is 0 Å². The molecule has 200 valence electrons. The van der Waals surface area contributed by atoms with Gasteiger partial charge in [-0.1, -0.05) is 12.1 Å². The fourth-order valence-corrected chi connectivity index (χ4v) is 4.97. The Kier molecular flexibility index (Phi) is 5.97. The number of pyridine rings is 2. The van der Waals surface area contributed by atoms with Crippen LogP contribution in [0.2, 0.25) is 0 Å². The number of hydrogen-bond acceptors (Lipinski definition) is 10. The fraction of sp³-hybridized carbons (Fsp3) is 0.241. The molecule has 5 aromatic rings. The summed E-state index contributed by atoms with van der Waals surface area (Å²) in [6.45, 7) is 2.63. The minimum absolute atomic E-state index is 0.0286. The van der Waals surface area contributed by atoms with Gasteiger partial charge < -0.3 is 15.8 Å². The second-order valence-electron chi connectivity index (χ2n) is 9.54. The predicted octanol–water partition coefficient (Wildman–Crippen LogP) is 3.81. The first-order valence-corrected chi connectivity index (χ1v) is 12.9. The number of nitriles is 1. The van der Waals surface area contributed by atoms with E-state index in [2.05, 4.69) is 42.3 Å². The van der Waals surface area contributed by atoms with E-state index in [4.69, 9.17) is 24.8 Å². The van der Waals surface area contributed by atoms with E-state index in [1.807, 2.05) is 28.8 Å². The Balaban J connectivity index is 1.21. The molecule has 40 heavy (non-hydrogen) atoms. The number of nitrogens with two attached hydrogens (primary N) is 1. The summed E-state index contributed by atoms with van der Waals surface area (Å²) >= 11 is 0. The molecule has 1 aliphatic heterocycles. The zero-order valence-electron chi connectivity index (χ0n) is 24.5. The zero-order valence-corrected chi connectivity index (χ0v) is 21.5. The maximum absolute atomic E-state index is 9.04. The minimum Gasteiger partial charge on any atom is -0.481 e. The quantitative estimate of drug-likeness (QED) is 0.316. The number of likely N-dealkylation sites (tertiary alicyclic amines) is 1. The lowest BCUT2D eigenvalue weighted by Crippen LogP contribution is -2.38. The van der Waals surface area contributed by atoms with Crippen LogP contribution in [0, 0.1) is 11.3 Å². The van der Waals surface area contributed by atoms with E-state index in [1.165, 1.54) is 6.07 Å². The molecule has 0 radical (unpaired) electrons. The van der Waals surface area contributed by atoms with Crippen molar-refractivity contribution in [2.45, 2.75) is 25.4 Å². The normalized spacial score (nSPS) is 15.6. The van der Waals surface area contributed by atoms with Crippen molar-refractivity contribution in [3.8, 4) is 29.0 Å². The first-order chi connectivity index (χ1) is 20.8. The van der Waals surface area contributed by atoms with E-state index in [-0.39, 0.29) is 17.7 Å². The van der Waals surface area contributed by atoms with Gasteiger partial charge in [0.1, 0.15) is 23.2 Å². The Bertz CT molecular complexity index is 1790. The van der Waals surface area contributed by atoms with Crippen LogP contribution in [-0.4, -0.2) is 60.6 Å². The molecule has 0 atom stereocenters. The third kappa shape index (κ3) is 5.12. The first-order valence-electron chi connectivity index (χ1n) is 14.4. The SMILES string of the molecule is [2H]C([2H])([2H])Oc1ccc2nc(-c3cccnc3N)n(-c3ccc(CN4CCC(Nc5ccnc(C#N)n5)CC4)cc3)c2n1. The van der Waals surface area contributed by atoms with Crippen molar-refractivity contribution in [2.24, 2.45) is 0 Å². The zero-order chi connectivity index (χ0) is 30.0. The number of fused-ring (bicyclic) bond motifs is 1. The second-order valence-corrected chi connectivity index (χ2v) is 9.54. The third-order valence-corrected chi connectivity index (χ3v) is 6.96. The number of nitrogens with zero attached hydrogens (tertiary/aromatic N) is 8. The highest BCUT2D eigenvalue weighted by Gasteiger charge is 2.21. The molecular formula is C29H28N10O. The molecule has 0 saturated carbocycles.